The quantitative estimate of drug-likeness (QED) is 0.774. The average molecular weight is 211 g/mol. The summed E-state index contributed by atoms with van der Waals surface area (Å²) in [6.07, 6.45) is -3.86. The number of alkyl halides is 3. The molecule has 0 bridgehead atoms. The molecule has 0 saturated carbocycles. The third-order valence-electron chi connectivity index (χ3n) is 1.32. The Balaban J connectivity index is 4.46. The zero-order chi connectivity index (χ0) is 10.6. The van der Waals surface area contributed by atoms with Gasteiger partial charge in [0.2, 0.25) is 0 Å². The lowest BCUT2D eigenvalue weighted by molar-refractivity contribution is -0.0832. The monoisotopic (exact) mass is 211 g/mol. The van der Waals surface area contributed by atoms with Crippen molar-refractivity contribution >= 4 is 11.8 Å². The van der Waals surface area contributed by atoms with Crippen molar-refractivity contribution in [1.29, 1.82) is 0 Å². The number of nitrogens with two attached hydrogens (primary N) is 1. The largest absolute Gasteiger partial charge is 0.422 e. The van der Waals surface area contributed by atoms with Crippen LogP contribution in [0.4, 0.5) is 13.2 Å². The molecule has 0 atom stereocenters. The van der Waals surface area contributed by atoms with Crippen molar-refractivity contribution in [3.8, 4) is 0 Å². The van der Waals surface area contributed by atoms with Crippen LogP contribution in [0.25, 0.3) is 0 Å². The topological polar surface area (TPSA) is 26.0 Å². The van der Waals surface area contributed by atoms with E-state index in [0.717, 1.165) is 0 Å². The van der Waals surface area contributed by atoms with Crippen molar-refractivity contribution < 1.29 is 13.2 Å². The zero-order valence-corrected chi connectivity index (χ0v) is 8.35. The van der Waals surface area contributed by atoms with Gasteiger partial charge in [-0.05, 0) is 13.3 Å². The Morgan fingerprint density at radius 2 is 1.92 bits per heavy atom. The normalized spacial score (nSPS) is 13.9. The van der Waals surface area contributed by atoms with Gasteiger partial charge >= 0.3 is 6.18 Å². The molecule has 0 spiro atoms. The predicted molar refractivity (Wildman–Crippen MR) is 50.0 cm³/mol. The Labute approximate surface area is 79.9 Å². The minimum atomic E-state index is -4.35. The van der Waals surface area contributed by atoms with Gasteiger partial charge in [0.1, 0.15) is 0 Å². The SMILES string of the molecule is C=C(S/C(CC)=C(/C)N)C(F)(F)F. The second kappa shape index (κ2) is 4.60. The van der Waals surface area contributed by atoms with E-state index in [1.54, 1.807) is 13.8 Å². The van der Waals surface area contributed by atoms with Gasteiger partial charge in [-0.3, -0.25) is 0 Å². The third-order valence-corrected chi connectivity index (χ3v) is 2.66. The summed E-state index contributed by atoms with van der Waals surface area (Å²) in [5, 5.41) is 0. The summed E-state index contributed by atoms with van der Waals surface area (Å²) in [4.78, 5) is -0.309. The first-order valence-corrected chi connectivity index (χ1v) is 4.49. The van der Waals surface area contributed by atoms with Crippen molar-refractivity contribution in [3.63, 3.8) is 0 Å². The Morgan fingerprint density at radius 1 is 1.46 bits per heavy atom. The molecule has 0 amide bonds. The minimum Gasteiger partial charge on any atom is -0.402 e. The molecule has 0 aromatic carbocycles. The number of halogens is 3. The van der Waals surface area contributed by atoms with Gasteiger partial charge in [-0.1, -0.05) is 25.3 Å². The smallest absolute Gasteiger partial charge is 0.402 e. The Hall–Kier alpha value is -0.580. The van der Waals surface area contributed by atoms with Crippen LogP contribution in [0.3, 0.4) is 0 Å². The first-order valence-electron chi connectivity index (χ1n) is 3.68. The van der Waals surface area contributed by atoms with Gasteiger partial charge in [0.25, 0.3) is 0 Å². The molecule has 5 heteroatoms. The third kappa shape index (κ3) is 4.26. The summed E-state index contributed by atoms with van der Waals surface area (Å²) < 4.78 is 36.1. The Kier molecular flexibility index (Phi) is 4.39. The molecule has 0 rings (SSSR count). The second-order valence-electron chi connectivity index (χ2n) is 2.48. The molecule has 0 aromatic rings. The van der Waals surface area contributed by atoms with Crippen molar-refractivity contribution in [1.82, 2.24) is 0 Å². The molecule has 0 fully saturated rings. The van der Waals surface area contributed by atoms with Crippen LogP contribution >= 0.6 is 11.8 Å². The highest BCUT2D eigenvalue weighted by atomic mass is 32.2. The number of rotatable bonds is 3. The maximum absolute atomic E-state index is 12.0. The lowest BCUT2D eigenvalue weighted by atomic mass is 10.4. The van der Waals surface area contributed by atoms with Crippen LogP contribution < -0.4 is 5.73 Å². The summed E-state index contributed by atoms with van der Waals surface area (Å²) >= 11 is 0.595. The zero-order valence-electron chi connectivity index (χ0n) is 7.53. The van der Waals surface area contributed by atoms with E-state index in [0.29, 0.717) is 28.8 Å². The highest BCUT2D eigenvalue weighted by molar-refractivity contribution is 8.06. The number of hydrogen-bond acceptors (Lipinski definition) is 2. The van der Waals surface area contributed by atoms with E-state index in [1.165, 1.54) is 0 Å². The van der Waals surface area contributed by atoms with Crippen LogP contribution in [0.2, 0.25) is 0 Å². The molecule has 0 saturated heterocycles. The van der Waals surface area contributed by atoms with Gasteiger partial charge in [0, 0.05) is 10.6 Å². The van der Waals surface area contributed by atoms with Crippen LogP contribution in [-0.2, 0) is 0 Å². The molecular formula is C8H12F3NS. The van der Waals surface area contributed by atoms with Crippen LogP contribution in [0, 0.1) is 0 Å². The minimum absolute atomic E-state index is 0.415. The molecule has 0 radical (unpaired) electrons. The van der Waals surface area contributed by atoms with E-state index in [1.807, 2.05) is 0 Å². The van der Waals surface area contributed by atoms with Crippen molar-refractivity contribution in [3.05, 3.63) is 22.1 Å². The Bertz CT molecular complexity index is 226. The average Bonchev–Trinajstić information content (AvgIpc) is 1.96. The number of allylic oxidation sites excluding steroid dienone is 3. The van der Waals surface area contributed by atoms with Crippen LogP contribution in [-0.4, -0.2) is 6.18 Å². The first-order chi connectivity index (χ1) is 5.79. The molecule has 0 unspecified atom stereocenters. The fourth-order valence-electron chi connectivity index (χ4n) is 0.638. The molecule has 0 heterocycles. The van der Waals surface area contributed by atoms with E-state index in [9.17, 15) is 13.2 Å². The van der Waals surface area contributed by atoms with Gasteiger partial charge in [0.05, 0.1) is 4.91 Å². The van der Waals surface area contributed by atoms with Gasteiger partial charge < -0.3 is 5.73 Å². The molecule has 76 valence electrons. The summed E-state index contributed by atoms with van der Waals surface area (Å²) in [6.45, 7) is 6.28. The van der Waals surface area contributed by atoms with Gasteiger partial charge in [-0.15, -0.1) is 0 Å². The Morgan fingerprint density at radius 3 is 2.15 bits per heavy atom. The molecule has 0 aliphatic rings. The van der Waals surface area contributed by atoms with Crippen molar-refractivity contribution in [2.24, 2.45) is 5.73 Å². The fourth-order valence-corrected chi connectivity index (χ4v) is 1.36. The van der Waals surface area contributed by atoms with E-state index >= 15 is 0 Å². The summed E-state index contributed by atoms with van der Waals surface area (Å²) in [7, 11) is 0. The fraction of sp³-hybridized carbons (Fsp3) is 0.500. The first kappa shape index (κ1) is 12.4. The molecule has 1 nitrogen and oxygen atoms in total. The standard InChI is InChI=1S/C8H12F3NS/c1-4-7(5(2)12)13-6(3)8(9,10)11/h3-4,12H2,1-2H3/b7-5-. The maximum Gasteiger partial charge on any atom is 0.422 e. The van der Waals surface area contributed by atoms with E-state index in [-0.39, 0.29) is 0 Å². The number of hydrogen-bond donors (Lipinski definition) is 1. The number of thioether (sulfide) groups is 1. The van der Waals surface area contributed by atoms with E-state index in [2.05, 4.69) is 6.58 Å². The van der Waals surface area contributed by atoms with Crippen LogP contribution in [0.15, 0.2) is 22.1 Å². The maximum atomic E-state index is 12.0. The van der Waals surface area contributed by atoms with Crippen molar-refractivity contribution in [2.75, 3.05) is 0 Å². The van der Waals surface area contributed by atoms with Crippen LogP contribution in [0.5, 0.6) is 0 Å². The van der Waals surface area contributed by atoms with Gasteiger partial charge in [0.15, 0.2) is 0 Å². The van der Waals surface area contributed by atoms with Gasteiger partial charge in [-0.2, -0.15) is 13.2 Å². The molecular weight excluding hydrogens is 199 g/mol. The molecule has 2 N–H and O–H groups in total. The van der Waals surface area contributed by atoms with E-state index in [4.69, 9.17) is 5.73 Å². The lowest BCUT2D eigenvalue weighted by Crippen LogP contribution is -2.08. The summed E-state index contributed by atoms with van der Waals surface area (Å²) in [6, 6.07) is 0. The summed E-state index contributed by atoms with van der Waals surface area (Å²) in [5.74, 6) is 0. The highest BCUT2D eigenvalue weighted by Crippen LogP contribution is 2.38. The highest BCUT2D eigenvalue weighted by Gasteiger charge is 2.32. The molecule has 0 aromatic heterocycles. The molecule has 0 aliphatic carbocycles. The summed E-state index contributed by atoms with van der Waals surface area (Å²) in [5.41, 5.74) is 5.80. The predicted octanol–water partition coefficient (Wildman–Crippen LogP) is 3.40. The molecule has 0 aliphatic heterocycles. The van der Waals surface area contributed by atoms with Crippen LogP contribution in [0.1, 0.15) is 20.3 Å². The molecule has 13 heavy (non-hydrogen) atoms. The second-order valence-corrected chi connectivity index (χ2v) is 3.67. The lowest BCUT2D eigenvalue weighted by Gasteiger charge is -2.11. The van der Waals surface area contributed by atoms with Crippen molar-refractivity contribution in [2.45, 2.75) is 26.4 Å². The van der Waals surface area contributed by atoms with E-state index < -0.39 is 11.1 Å². The van der Waals surface area contributed by atoms with Gasteiger partial charge in [-0.25, -0.2) is 0 Å².